The molecule has 0 unspecified atom stereocenters. The molecule has 3 heterocycles. The SMILES string of the molecule is FC(F)(F)c1cc(NC2CC3(CCN(Cc4ccccn4)CC3)C2)ncn1. The van der Waals surface area contributed by atoms with Crippen molar-refractivity contribution in [2.75, 3.05) is 18.4 Å². The molecule has 8 heteroatoms. The number of alkyl halides is 3. The summed E-state index contributed by atoms with van der Waals surface area (Å²) in [6.07, 6.45) is 2.55. The van der Waals surface area contributed by atoms with Crippen molar-refractivity contribution in [3.63, 3.8) is 0 Å². The molecule has 0 radical (unpaired) electrons. The van der Waals surface area contributed by atoms with Gasteiger partial charge in [-0.05, 0) is 56.3 Å². The van der Waals surface area contributed by atoms with E-state index in [0.29, 0.717) is 5.41 Å². The van der Waals surface area contributed by atoms with Gasteiger partial charge >= 0.3 is 6.18 Å². The van der Waals surface area contributed by atoms with Crippen molar-refractivity contribution < 1.29 is 13.2 Å². The summed E-state index contributed by atoms with van der Waals surface area (Å²) in [4.78, 5) is 14.0. The van der Waals surface area contributed by atoms with Gasteiger partial charge in [-0.25, -0.2) is 9.97 Å². The predicted molar refractivity (Wildman–Crippen MR) is 94.9 cm³/mol. The second-order valence-corrected chi connectivity index (χ2v) is 7.63. The average Bonchev–Trinajstić information content (AvgIpc) is 2.62. The molecule has 4 rings (SSSR count). The van der Waals surface area contributed by atoms with Crippen LogP contribution in [-0.2, 0) is 12.7 Å². The summed E-state index contributed by atoms with van der Waals surface area (Å²) in [6, 6.07) is 7.15. The molecule has 0 amide bonds. The van der Waals surface area contributed by atoms with E-state index < -0.39 is 11.9 Å². The third-order valence-corrected chi connectivity index (χ3v) is 5.70. The van der Waals surface area contributed by atoms with Crippen LogP contribution in [0.15, 0.2) is 36.8 Å². The Hall–Kier alpha value is -2.22. The highest BCUT2D eigenvalue weighted by atomic mass is 19.4. The van der Waals surface area contributed by atoms with E-state index in [4.69, 9.17) is 0 Å². The van der Waals surface area contributed by atoms with Crippen LogP contribution in [0.2, 0.25) is 0 Å². The molecule has 144 valence electrons. The van der Waals surface area contributed by atoms with E-state index in [2.05, 4.69) is 25.2 Å². The van der Waals surface area contributed by atoms with E-state index >= 15 is 0 Å². The van der Waals surface area contributed by atoms with Gasteiger partial charge in [0, 0.05) is 24.8 Å². The highest BCUT2D eigenvalue weighted by Crippen LogP contribution is 2.50. The van der Waals surface area contributed by atoms with Crippen molar-refractivity contribution in [1.82, 2.24) is 19.9 Å². The number of rotatable bonds is 4. The van der Waals surface area contributed by atoms with Crippen molar-refractivity contribution in [2.24, 2.45) is 5.41 Å². The zero-order valence-corrected chi connectivity index (χ0v) is 14.9. The summed E-state index contributed by atoms with van der Waals surface area (Å²) >= 11 is 0. The summed E-state index contributed by atoms with van der Waals surface area (Å²) in [6.45, 7) is 2.95. The smallest absolute Gasteiger partial charge is 0.367 e. The minimum atomic E-state index is -4.44. The van der Waals surface area contributed by atoms with E-state index in [-0.39, 0.29) is 11.9 Å². The Kier molecular flexibility index (Phi) is 4.75. The fraction of sp³-hybridized carbons (Fsp3) is 0.526. The molecule has 0 aromatic carbocycles. The zero-order chi connectivity index (χ0) is 18.9. The summed E-state index contributed by atoms with van der Waals surface area (Å²) in [7, 11) is 0. The van der Waals surface area contributed by atoms with Crippen LogP contribution in [0.1, 0.15) is 37.1 Å². The lowest BCUT2D eigenvalue weighted by Crippen LogP contribution is -2.51. The topological polar surface area (TPSA) is 53.9 Å². The Morgan fingerprint density at radius 2 is 1.89 bits per heavy atom. The lowest BCUT2D eigenvalue weighted by atomic mass is 9.60. The molecule has 1 saturated heterocycles. The van der Waals surface area contributed by atoms with Gasteiger partial charge in [0.05, 0.1) is 5.69 Å². The van der Waals surface area contributed by atoms with Gasteiger partial charge in [0.1, 0.15) is 17.8 Å². The second-order valence-electron chi connectivity index (χ2n) is 7.63. The molecule has 0 bridgehead atoms. The molecule has 0 atom stereocenters. The van der Waals surface area contributed by atoms with Gasteiger partial charge in [-0.15, -0.1) is 0 Å². The normalized spacial score (nSPS) is 20.4. The molecular formula is C19H22F3N5. The van der Waals surface area contributed by atoms with Crippen molar-refractivity contribution in [2.45, 2.75) is 44.4 Å². The highest BCUT2D eigenvalue weighted by Gasteiger charge is 2.46. The monoisotopic (exact) mass is 377 g/mol. The fourth-order valence-electron chi connectivity index (χ4n) is 4.20. The molecule has 1 N–H and O–H groups in total. The number of halogens is 3. The van der Waals surface area contributed by atoms with Crippen LogP contribution in [0, 0.1) is 5.41 Å². The van der Waals surface area contributed by atoms with Crippen LogP contribution >= 0.6 is 0 Å². The minimum Gasteiger partial charge on any atom is -0.367 e. The Labute approximate surface area is 156 Å². The number of nitrogens with one attached hydrogen (secondary N) is 1. The van der Waals surface area contributed by atoms with Gasteiger partial charge < -0.3 is 5.32 Å². The molecule has 1 saturated carbocycles. The van der Waals surface area contributed by atoms with E-state index in [1.54, 1.807) is 0 Å². The number of nitrogens with zero attached hydrogens (tertiary/aromatic N) is 4. The zero-order valence-electron chi connectivity index (χ0n) is 14.9. The molecule has 1 aliphatic heterocycles. The van der Waals surface area contributed by atoms with Gasteiger partial charge in [-0.2, -0.15) is 13.2 Å². The van der Waals surface area contributed by atoms with Crippen LogP contribution < -0.4 is 5.32 Å². The first-order valence-electron chi connectivity index (χ1n) is 9.20. The highest BCUT2D eigenvalue weighted by molar-refractivity contribution is 5.38. The van der Waals surface area contributed by atoms with Crippen molar-refractivity contribution in [3.05, 3.63) is 48.2 Å². The van der Waals surface area contributed by atoms with Crippen molar-refractivity contribution >= 4 is 5.82 Å². The van der Waals surface area contributed by atoms with Gasteiger partial charge in [0.15, 0.2) is 0 Å². The first-order chi connectivity index (χ1) is 12.9. The summed E-state index contributed by atoms with van der Waals surface area (Å²) < 4.78 is 38.3. The first kappa shape index (κ1) is 18.2. The minimum absolute atomic E-state index is 0.184. The van der Waals surface area contributed by atoms with E-state index in [9.17, 15) is 13.2 Å². The molecule has 2 fully saturated rings. The number of pyridine rings is 1. The van der Waals surface area contributed by atoms with E-state index in [1.165, 1.54) is 0 Å². The largest absolute Gasteiger partial charge is 0.433 e. The molecule has 2 aliphatic rings. The molecule has 1 aliphatic carbocycles. The number of piperidine rings is 1. The van der Waals surface area contributed by atoms with Gasteiger partial charge in [-0.1, -0.05) is 6.07 Å². The lowest BCUT2D eigenvalue weighted by molar-refractivity contribution is -0.141. The Bertz CT molecular complexity index is 764. The van der Waals surface area contributed by atoms with Gasteiger partial charge in [0.25, 0.3) is 0 Å². The quantitative estimate of drug-likeness (QED) is 0.880. The van der Waals surface area contributed by atoms with Crippen LogP contribution in [-0.4, -0.2) is 39.0 Å². The molecule has 5 nitrogen and oxygen atoms in total. The summed E-state index contributed by atoms with van der Waals surface area (Å²) in [5.41, 5.74) is 0.501. The van der Waals surface area contributed by atoms with Crippen LogP contribution in [0.4, 0.5) is 19.0 Å². The molecule has 2 aromatic heterocycles. The van der Waals surface area contributed by atoms with E-state index in [0.717, 1.165) is 63.4 Å². The van der Waals surface area contributed by atoms with Gasteiger partial charge in [0.2, 0.25) is 0 Å². The molecular weight excluding hydrogens is 355 g/mol. The maximum atomic E-state index is 12.8. The third-order valence-electron chi connectivity index (χ3n) is 5.70. The Morgan fingerprint density at radius 1 is 1.11 bits per heavy atom. The number of hydrogen-bond donors (Lipinski definition) is 1. The Morgan fingerprint density at radius 3 is 2.56 bits per heavy atom. The number of aromatic nitrogens is 3. The van der Waals surface area contributed by atoms with Crippen molar-refractivity contribution in [1.29, 1.82) is 0 Å². The summed E-state index contributed by atoms with van der Waals surface area (Å²) in [5, 5.41) is 3.14. The van der Waals surface area contributed by atoms with Crippen LogP contribution in [0.25, 0.3) is 0 Å². The molecule has 2 aromatic rings. The van der Waals surface area contributed by atoms with Gasteiger partial charge in [-0.3, -0.25) is 9.88 Å². The lowest BCUT2D eigenvalue weighted by Gasteiger charge is -2.52. The maximum absolute atomic E-state index is 12.8. The predicted octanol–water partition coefficient (Wildman–Crippen LogP) is 3.75. The standard InChI is InChI=1S/C19H22F3N5/c20-19(21,22)16-9-17(25-13-24-16)26-15-10-18(11-15)4-7-27(8-5-18)12-14-3-1-2-6-23-14/h1-3,6,9,13,15H,4-5,7-8,10-12H2,(H,24,25,26). The second kappa shape index (κ2) is 7.07. The fourth-order valence-corrected chi connectivity index (χ4v) is 4.20. The van der Waals surface area contributed by atoms with Crippen LogP contribution in [0.3, 0.4) is 0 Å². The maximum Gasteiger partial charge on any atom is 0.433 e. The third kappa shape index (κ3) is 4.21. The molecule has 1 spiro atoms. The molecule has 27 heavy (non-hydrogen) atoms. The van der Waals surface area contributed by atoms with E-state index in [1.807, 2.05) is 24.4 Å². The Balaban J connectivity index is 1.26. The number of anilines is 1. The average molecular weight is 377 g/mol. The van der Waals surface area contributed by atoms with Crippen molar-refractivity contribution in [3.8, 4) is 0 Å². The number of hydrogen-bond acceptors (Lipinski definition) is 5. The van der Waals surface area contributed by atoms with Crippen LogP contribution in [0.5, 0.6) is 0 Å². The first-order valence-corrected chi connectivity index (χ1v) is 9.20. The summed E-state index contributed by atoms with van der Waals surface area (Å²) in [5.74, 6) is 0.254. The number of likely N-dealkylation sites (tertiary alicyclic amines) is 1.